The van der Waals surface area contributed by atoms with Gasteiger partial charge in [-0.15, -0.1) is 0 Å². The summed E-state index contributed by atoms with van der Waals surface area (Å²) in [7, 11) is -6.46. The van der Waals surface area contributed by atoms with Gasteiger partial charge in [0, 0.05) is 38.8 Å². The van der Waals surface area contributed by atoms with Gasteiger partial charge in [0.15, 0.2) is 0 Å². The zero-order chi connectivity index (χ0) is 33.8. The molecule has 3 aromatic rings. The van der Waals surface area contributed by atoms with Crippen molar-refractivity contribution in [1.82, 2.24) is 19.7 Å². The maximum Gasteiger partial charge on any atom is 0.243 e. The fourth-order valence-corrected chi connectivity index (χ4v) is 8.76. The Balaban J connectivity index is 1.08. The molecule has 1 unspecified atom stereocenters. The fraction of sp³-hybridized carbons (Fsp3) is 0.469. The predicted molar refractivity (Wildman–Crippen MR) is 175 cm³/mol. The topological polar surface area (TPSA) is 184 Å². The Morgan fingerprint density at radius 3 is 2.43 bits per heavy atom. The average molecular weight is 691 g/mol. The second kappa shape index (κ2) is 14.5. The molecule has 2 aliphatic rings. The van der Waals surface area contributed by atoms with Crippen molar-refractivity contribution >= 4 is 36.7 Å². The van der Waals surface area contributed by atoms with Gasteiger partial charge < -0.3 is 30.3 Å². The highest BCUT2D eigenvalue weighted by atomic mass is 32.2. The van der Waals surface area contributed by atoms with Crippen molar-refractivity contribution in [2.24, 2.45) is 0 Å². The number of aliphatic hydroxyl groups is 2. The molecular weight excluding hydrogens is 649 g/mol. The van der Waals surface area contributed by atoms with Crippen LogP contribution in [0.3, 0.4) is 0 Å². The minimum Gasteiger partial charge on any atom is -0.491 e. The molecule has 4 atom stereocenters. The van der Waals surface area contributed by atoms with E-state index >= 15 is 0 Å². The molecule has 1 spiro atoms. The molecule has 1 amide bonds. The Kier molecular flexibility index (Phi) is 10.9. The van der Waals surface area contributed by atoms with Gasteiger partial charge in [-0.1, -0.05) is 36.4 Å². The third kappa shape index (κ3) is 8.29. The SMILES string of the molecule is CNC(=O)[C@@H](NS(=O)(=O)c1cccc(OC[C@@H](O)CNC2COC3(CCN(S(=O)(=O)c4ccc5ccccc5c4)CC3)C2)c1)[C@@H](C)O. The van der Waals surface area contributed by atoms with E-state index in [-0.39, 0.29) is 34.7 Å². The van der Waals surface area contributed by atoms with Crippen LogP contribution >= 0.6 is 0 Å². The van der Waals surface area contributed by atoms with E-state index in [4.69, 9.17) is 9.47 Å². The zero-order valence-corrected chi connectivity index (χ0v) is 28.0. The van der Waals surface area contributed by atoms with E-state index in [2.05, 4.69) is 15.4 Å². The number of fused-ring (bicyclic) bond motifs is 1. The highest BCUT2D eigenvalue weighted by Crippen LogP contribution is 2.37. The van der Waals surface area contributed by atoms with E-state index in [1.165, 1.54) is 36.5 Å². The molecule has 2 fully saturated rings. The van der Waals surface area contributed by atoms with Crippen LogP contribution in [0.5, 0.6) is 5.75 Å². The third-order valence-corrected chi connectivity index (χ3v) is 12.0. The lowest BCUT2D eigenvalue weighted by molar-refractivity contribution is -0.124. The van der Waals surface area contributed by atoms with Crippen LogP contribution in [0.2, 0.25) is 0 Å². The summed E-state index contributed by atoms with van der Waals surface area (Å²) in [5.74, 6) is -0.477. The lowest BCUT2D eigenvalue weighted by Gasteiger charge is -2.38. The van der Waals surface area contributed by atoms with E-state index < -0.39 is 49.8 Å². The lowest BCUT2D eigenvalue weighted by atomic mass is 9.88. The summed E-state index contributed by atoms with van der Waals surface area (Å²) in [4.78, 5) is 12.1. The number of nitrogens with one attached hydrogen (secondary N) is 3. The summed E-state index contributed by atoms with van der Waals surface area (Å²) >= 11 is 0. The van der Waals surface area contributed by atoms with Crippen LogP contribution in [-0.2, 0) is 29.6 Å². The molecule has 0 radical (unpaired) electrons. The number of carbonyl (C=O) groups excluding carboxylic acids is 1. The Morgan fingerprint density at radius 1 is 1.00 bits per heavy atom. The van der Waals surface area contributed by atoms with Crippen LogP contribution in [-0.4, -0.2) is 107 Å². The van der Waals surface area contributed by atoms with Crippen LogP contribution in [0.15, 0.2) is 76.5 Å². The van der Waals surface area contributed by atoms with E-state index in [9.17, 15) is 31.8 Å². The molecule has 256 valence electrons. The molecule has 0 bridgehead atoms. The molecule has 0 saturated carbocycles. The number of likely N-dealkylation sites (N-methyl/N-ethyl adjacent to an activating group) is 1. The van der Waals surface area contributed by atoms with E-state index in [0.717, 1.165) is 10.8 Å². The second-order valence-corrected chi connectivity index (χ2v) is 15.8. The highest BCUT2D eigenvalue weighted by molar-refractivity contribution is 7.89. The monoisotopic (exact) mass is 690 g/mol. The summed E-state index contributed by atoms with van der Waals surface area (Å²) in [6.07, 6.45) is -0.359. The van der Waals surface area contributed by atoms with Gasteiger partial charge in [0.05, 0.1) is 28.1 Å². The standard InChI is InChI=1S/C32H42N4O9S2/c1-22(37)30(31(39)33-2)35-46(40,41)28-9-5-8-27(17-28)44-21-26(38)19-34-25-18-32(45-20-25)12-14-36(15-13-32)47(42,43)29-11-10-23-6-3-4-7-24(23)16-29/h3-11,16-17,22,25-26,30,34-35,37-38H,12-15,18-21H2,1-2H3,(H,33,39)/t22-,25?,26+,30+/m1/s1. The summed E-state index contributed by atoms with van der Waals surface area (Å²) in [6, 6.07) is 17.1. The first kappa shape index (κ1) is 35.2. The summed E-state index contributed by atoms with van der Waals surface area (Å²) in [6.45, 7) is 2.54. The van der Waals surface area contributed by atoms with Gasteiger partial charge in [-0.05, 0) is 61.2 Å². The molecule has 2 saturated heterocycles. The number of nitrogens with zero attached hydrogens (tertiary/aromatic N) is 1. The number of hydrogen-bond donors (Lipinski definition) is 5. The molecular formula is C32H42N4O9S2. The van der Waals surface area contributed by atoms with Crippen LogP contribution in [0.25, 0.3) is 10.8 Å². The number of piperidine rings is 1. The smallest absolute Gasteiger partial charge is 0.243 e. The first-order valence-electron chi connectivity index (χ1n) is 15.5. The Hall–Kier alpha value is -3.15. The Morgan fingerprint density at radius 2 is 1.72 bits per heavy atom. The number of sulfonamides is 2. The van der Waals surface area contributed by atoms with Crippen LogP contribution in [0.1, 0.15) is 26.2 Å². The van der Waals surface area contributed by atoms with Crippen molar-refractivity contribution < 1.29 is 41.3 Å². The third-order valence-electron chi connectivity index (χ3n) is 8.70. The van der Waals surface area contributed by atoms with Gasteiger partial charge in [0.1, 0.15) is 24.5 Å². The molecule has 3 aromatic carbocycles. The first-order chi connectivity index (χ1) is 22.3. The minimum atomic E-state index is -4.17. The molecule has 15 heteroatoms. The summed E-state index contributed by atoms with van der Waals surface area (Å²) in [5.41, 5.74) is -0.431. The van der Waals surface area contributed by atoms with Gasteiger partial charge in [-0.25, -0.2) is 16.8 Å². The van der Waals surface area contributed by atoms with Crippen LogP contribution in [0.4, 0.5) is 0 Å². The number of aliphatic hydroxyl groups excluding tert-OH is 2. The molecule has 5 N–H and O–H groups in total. The van der Waals surface area contributed by atoms with Gasteiger partial charge in [0.25, 0.3) is 0 Å². The van der Waals surface area contributed by atoms with E-state index in [0.29, 0.717) is 39.0 Å². The minimum absolute atomic E-state index is 0.0324. The number of amides is 1. The fourth-order valence-electron chi connectivity index (χ4n) is 5.98. The van der Waals surface area contributed by atoms with E-state index in [1.807, 2.05) is 30.3 Å². The second-order valence-electron chi connectivity index (χ2n) is 12.1. The number of carbonyl (C=O) groups is 1. The zero-order valence-electron chi connectivity index (χ0n) is 26.3. The van der Waals surface area contributed by atoms with Gasteiger partial charge in [-0.3, -0.25) is 4.79 Å². The number of rotatable bonds is 13. The van der Waals surface area contributed by atoms with Gasteiger partial charge in [0.2, 0.25) is 26.0 Å². The van der Waals surface area contributed by atoms with Crippen molar-refractivity contribution in [3.63, 3.8) is 0 Å². The molecule has 5 rings (SSSR count). The lowest BCUT2D eigenvalue weighted by Crippen LogP contribution is -2.51. The summed E-state index contributed by atoms with van der Waals surface area (Å²) in [5, 5.41) is 27.9. The number of ether oxygens (including phenoxy) is 2. The normalized spacial score (nSPS) is 20.6. The quantitative estimate of drug-likeness (QED) is 0.173. The number of benzene rings is 3. The average Bonchev–Trinajstić information content (AvgIpc) is 3.46. The molecule has 0 aromatic heterocycles. The Labute approximate surface area is 275 Å². The van der Waals surface area contributed by atoms with Gasteiger partial charge in [-0.2, -0.15) is 9.03 Å². The molecule has 2 aliphatic heterocycles. The summed E-state index contributed by atoms with van der Waals surface area (Å²) < 4.78 is 68.0. The maximum atomic E-state index is 13.4. The molecule has 0 aliphatic carbocycles. The molecule has 47 heavy (non-hydrogen) atoms. The van der Waals surface area contributed by atoms with Crippen molar-refractivity contribution in [1.29, 1.82) is 0 Å². The van der Waals surface area contributed by atoms with Crippen molar-refractivity contribution in [3.8, 4) is 5.75 Å². The molecule has 13 nitrogen and oxygen atoms in total. The van der Waals surface area contributed by atoms with Crippen LogP contribution < -0.4 is 20.1 Å². The predicted octanol–water partition coefficient (Wildman–Crippen LogP) is 0.955. The Bertz CT molecular complexity index is 1780. The van der Waals surface area contributed by atoms with Crippen molar-refractivity contribution in [2.75, 3.05) is 39.9 Å². The number of hydrogen-bond acceptors (Lipinski definition) is 10. The largest absolute Gasteiger partial charge is 0.491 e. The van der Waals surface area contributed by atoms with Crippen LogP contribution in [0, 0.1) is 0 Å². The van der Waals surface area contributed by atoms with Crippen molar-refractivity contribution in [2.45, 2.75) is 65.9 Å². The van der Waals surface area contributed by atoms with Crippen molar-refractivity contribution in [3.05, 3.63) is 66.7 Å². The van der Waals surface area contributed by atoms with Gasteiger partial charge >= 0.3 is 0 Å². The highest BCUT2D eigenvalue weighted by Gasteiger charge is 2.44. The molecule has 2 heterocycles. The maximum absolute atomic E-state index is 13.4. The first-order valence-corrected chi connectivity index (χ1v) is 18.4. The van der Waals surface area contributed by atoms with E-state index in [1.54, 1.807) is 18.2 Å².